The van der Waals surface area contributed by atoms with Crippen LogP contribution in [0.4, 0.5) is 0 Å². The summed E-state index contributed by atoms with van der Waals surface area (Å²) in [6, 6.07) is 14.3. The Labute approximate surface area is 133 Å². The molecule has 0 bridgehead atoms. The highest BCUT2D eigenvalue weighted by molar-refractivity contribution is 8.00. The van der Waals surface area contributed by atoms with Gasteiger partial charge in [-0.25, -0.2) is 0 Å². The van der Waals surface area contributed by atoms with Crippen LogP contribution in [0.15, 0.2) is 53.4 Å². The normalized spacial score (nSPS) is 10.4. The maximum Gasteiger partial charge on any atom is 0.232 e. The van der Waals surface area contributed by atoms with Gasteiger partial charge in [0.05, 0.1) is 5.75 Å². The standard InChI is InChI=1S/C16H16ClNO2S/c1-18(10-12-3-2-4-13(17)9-12)16(20)11-21-15-7-5-14(19)6-8-15/h2-9,19H,10-11H2,1H3. The number of phenols is 1. The molecule has 0 spiro atoms. The number of halogens is 1. The number of amides is 1. The van der Waals surface area contributed by atoms with E-state index in [4.69, 9.17) is 11.6 Å². The maximum atomic E-state index is 12.1. The van der Waals surface area contributed by atoms with Crippen molar-refractivity contribution < 1.29 is 9.90 Å². The molecular formula is C16H16ClNO2S. The Morgan fingerprint density at radius 3 is 2.62 bits per heavy atom. The molecule has 0 aliphatic heterocycles. The van der Waals surface area contributed by atoms with Gasteiger partial charge in [0.2, 0.25) is 5.91 Å². The molecule has 0 atom stereocenters. The first-order valence-corrected chi connectivity index (χ1v) is 7.81. The summed E-state index contributed by atoms with van der Waals surface area (Å²) >= 11 is 7.38. The van der Waals surface area contributed by atoms with Gasteiger partial charge in [0, 0.05) is 23.5 Å². The summed E-state index contributed by atoms with van der Waals surface area (Å²) in [4.78, 5) is 14.7. The van der Waals surface area contributed by atoms with Crippen molar-refractivity contribution in [3.63, 3.8) is 0 Å². The van der Waals surface area contributed by atoms with Crippen LogP contribution in [0.1, 0.15) is 5.56 Å². The molecule has 3 nitrogen and oxygen atoms in total. The predicted molar refractivity (Wildman–Crippen MR) is 86.8 cm³/mol. The molecule has 2 rings (SSSR count). The highest BCUT2D eigenvalue weighted by Gasteiger charge is 2.10. The van der Waals surface area contributed by atoms with E-state index < -0.39 is 0 Å². The molecule has 110 valence electrons. The molecule has 2 aromatic rings. The summed E-state index contributed by atoms with van der Waals surface area (Å²) in [6.45, 7) is 0.537. The molecule has 1 amide bonds. The van der Waals surface area contributed by atoms with E-state index in [0.717, 1.165) is 10.5 Å². The van der Waals surface area contributed by atoms with Crippen molar-refractivity contribution in [2.45, 2.75) is 11.4 Å². The third-order valence-corrected chi connectivity index (χ3v) is 4.17. The van der Waals surface area contributed by atoms with E-state index in [0.29, 0.717) is 17.3 Å². The summed E-state index contributed by atoms with van der Waals surface area (Å²) in [5, 5.41) is 9.89. The van der Waals surface area contributed by atoms with Gasteiger partial charge in [-0.05, 0) is 42.0 Å². The lowest BCUT2D eigenvalue weighted by molar-refractivity contribution is -0.127. The van der Waals surface area contributed by atoms with Crippen LogP contribution in [0.5, 0.6) is 5.75 Å². The molecule has 0 fully saturated rings. The number of hydrogen-bond donors (Lipinski definition) is 1. The topological polar surface area (TPSA) is 40.5 Å². The van der Waals surface area contributed by atoms with Gasteiger partial charge in [-0.3, -0.25) is 4.79 Å². The maximum absolute atomic E-state index is 12.1. The number of carbonyl (C=O) groups is 1. The molecule has 5 heteroatoms. The zero-order valence-corrected chi connectivity index (χ0v) is 13.2. The van der Waals surface area contributed by atoms with Gasteiger partial charge in [-0.1, -0.05) is 23.7 Å². The van der Waals surface area contributed by atoms with Crippen molar-refractivity contribution in [2.24, 2.45) is 0 Å². The molecule has 21 heavy (non-hydrogen) atoms. The minimum Gasteiger partial charge on any atom is -0.508 e. The number of benzene rings is 2. The number of rotatable bonds is 5. The summed E-state index contributed by atoms with van der Waals surface area (Å²) < 4.78 is 0. The Bertz CT molecular complexity index is 616. The first kappa shape index (κ1) is 15.7. The van der Waals surface area contributed by atoms with Gasteiger partial charge in [0.15, 0.2) is 0 Å². The van der Waals surface area contributed by atoms with Gasteiger partial charge in [-0.2, -0.15) is 0 Å². The van der Waals surface area contributed by atoms with Gasteiger partial charge in [0.25, 0.3) is 0 Å². The van der Waals surface area contributed by atoms with E-state index in [2.05, 4.69) is 0 Å². The number of nitrogens with zero attached hydrogens (tertiary/aromatic N) is 1. The average molecular weight is 322 g/mol. The average Bonchev–Trinajstić information content (AvgIpc) is 2.46. The van der Waals surface area contributed by atoms with Crippen LogP contribution in [0.2, 0.25) is 5.02 Å². The zero-order chi connectivity index (χ0) is 15.2. The zero-order valence-electron chi connectivity index (χ0n) is 11.6. The number of aromatic hydroxyl groups is 1. The first-order chi connectivity index (χ1) is 10.0. The Balaban J connectivity index is 1.86. The van der Waals surface area contributed by atoms with E-state index in [1.165, 1.54) is 11.8 Å². The van der Waals surface area contributed by atoms with Gasteiger partial charge < -0.3 is 10.0 Å². The van der Waals surface area contributed by atoms with Crippen molar-refractivity contribution in [1.82, 2.24) is 4.90 Å². The third kappa shape index (κ3) is 4.99. The number of thioether (sulfide) groups is 1. The minimum absolute atomic E-state index is 0.0491. The van der Waals surface area contributed by atoms with Crippen molar-refractivity contribution in [3.8, 4) is 5.75 Å². The fourth-order valence-corrected chi connectivity index (χ4v) is 2.85. The lowest BCUT2D eigenvalue weighted by Crippen LogP contribution is -2.27. The van der Waals surface area contributed by atoms with Crippen LogP contribution in [0, 0.1) is 0 Å². The Kier molecular flexibility index (Phi) is 5.53. The SMILES string of the molecule is CN(Cc1cccc(Cl)c1)C(=O)CSc1ccc(O)cc1. The number of phenolic OH excluding ortho intramolecular Hbond substituents is 1. The molecule has 0 aliphatic carbocycles. The molecule has 0 saturated carbocycles. The van der Waals surface area contributed by atoms with Crippen LogP contribution < -0.4 is 0 Å². The molecular weight excluding hydrogens is 306 g/mol. The fourth-order valence-electron chi connectivity index (χ4n) is 1.79. The van der Waals surface area contributed by atoms with Crippen LogP contribution in [0.3, 0.4) is 0 Å². The number of hydrogen-bond acceptors (Lipinski definition) is 3. The summed E-state index contributed by atoms with van der Waals surface area (Å²) in [7, 11) is 1.78. The quantitative estimate of drug-likeness (QED) is 0.852. The fraction of sp³-hybridized carbons (Fsp3) is 0.188. The van der Waals surface area contributed by atoms with E-state index in [1.54, 1.807) is 36.2 Å². The van der Waals surface area contributed by atoms with Crippen molar-refractivity contribution in [2.75, 3.05) is 12.8 Å². The smallest absolute Gasteiger partial charge is 0.232 e. The van der Waals surface area contributed by atoms with Crippen molar-refractivity contribution in [3.05, 3.63) is 59.1 Å². The van der Waals surface area contributed by atoms with Gasteiger partial charge >= 0.3 is 0 Å². The summed E-state index contributed by atoms with van der Waals surface area (Å²) in [5.74, 6) is 0.638. The van der Waals surface area contributed by atoms with E-state index >= 15 is 0 Å². The predicted octanol–water partition coefficient (Wildman–Crippen LogP) is 3.80. The van der Waals surface area contributed by atoms with E-state index in [9.17, 15) is 9.90 Å². The monoisotopic (exact) mass is 321 g/mol. The van der Waals surface area contributed by atoms with Crippen LogP contribution >= 0.6 is 23.4 Å². The second kappa shape index (κ2) is 7.38. The molecule has 2 aromatic carbocycles. The minimum atomic E-state index is 0.0491. The lowest BCUT2D eigenvalue weighted by Gasteiger charge is -2.17. The Morgan fingerprint density at radius 2 is 1.95 bits per heavy atom. The van der Waals surface area contributed by atoms with E-state index in [-0.39, 0.29) is 11.7 Å². The summed E-state index contributed by atoms with van der Waals surface area (Å²) in [5.41, 5.74) is 1.01. The van der Waals surface area contributed by atoms with Crippen LogP contribution in [-0.4, -0.2) is 28.7 Å². The highest BCUT2D eigenvalue weighted by atomic mass is 35.5. The largest absolute Gasteiger partial charge is 0.508 e. The highest BCUT2D eigenvalue weighted by Crippen LogP contribution is 2.21. The molecule has 0 heterocycles. The van der Waals surface area contributed by atoms with Crippen LogP contribution in [-0.2, 0) is 11.3 Å². The molecule has 0 aromatic heterocycles. The van der Waals surface area contributed by atoms with E-state index in [1.807, 2.05) is 24.3 Å². The third-order valence-electron chi connectivity index (χ3n) is 2.93. The molecule has 0 aliphatic rings. The van der Waals surface area contributed by atoms with Gasteiger partial charge in [0.1, 0.15) is 5.75 Å². The van der Waals surface area contributed by atoms with Crippen molar-refractivity contribution >= 4 is 29.3 Å². The Morgan fingerprint density at radius 1 is 1.24 bits per heavy atom. The molecule has 0 radical (unpaired) electrons. The Hall–Kier alpha value is -1.65. The number of carbonyl (C=O) groups excluding carboxylic acids is 1. The van der Waals surface area contributed by atoms with Gasteiger partial charge in [-0.15, -0.1) is 11.8 Å². The molecule has 0 unspecified atom stereocenters. The molecule has 1 N–H and O–H groups in total. The van der Waals surface area contributed by atoms with Crippen LogP contribution in [0.25, 0.3) is 0 Å². The first-order valence-electron chi connectivity index (χ1n) is 6.45. The second-order valence-electron chi connectivity index (χ2n) is 4.66. The lowest BCUT2D eigenvalue weighted by atomic mass is 10.2. The summed E-state index contributed by atoms with van der Waals surface area (Å²) in [6.07, 6.45) is 0. The second-order valence-corrected chi connectivity index (χ2v) is 6.15. The molecule has 0 saturated heterocycles. The van der Waals surface area contributed by atoms with Crippen molar-refractivity contribution in [1.29, 1.82) is 0 Å².